The van der Waals surface area contributed by atoms with Crippen LogP contribution in [-0.2, 0) is 0 Å². The average Bonchev–Trinajstić information content (AvgIpc) is 3.38. The summed E-state index contributed by atoms with van der Waals surface area (Å²) < 4.78 is 6.51. The minimum atomic E-state index is 0.291. The van der Waals surface area contributed by atoms with Crippen molar-refractivity contribution in [1.82, 2.24) is 15.0 Å². The summed E-state index contributed by atoms with van der Waals surface area (Å²) in [5, 5.41) is 5.42. The van der Waals surface area contributed by atoms with Crippen LogP contribution in [0.4, 0.5) is 0 Å². The van der Waals surface area contributed by atoms with Crippen molar-refractivity contribution in [3.63, 3.8) is 0 Å². The summed E-state index contributed by atoms with van der Waals surface area (Å²) in [7, 11) is 0. The third-order valence-corrected chi connectivity index (χ3v) is 7.42. The van der Waals surface area contributed by atoms with E-state index in [0.29, 0.717) is 26.5 Å². The molecule has 0 bridgehead atoms. The van der Waals surface area contributed by atoms with Crippen molar-refractivity contribution in [2.45, 2.75) is 0 Å². The minimum absolute atomic E-state index is 0.291. The van der Waals surface area contributed by atoms with Crippen molar-refractivity contribution >= 4 is 79.0 Å². The van der Waals surface area contributed by atoms with Crippen LogP contribution in [0.3, 0.4) is 0 Å². The van der Waals surface area contributed by atoms with E-state index in [4.69, 9.17) is 55.8 Å². The summed E-state index contributed by atoms with van der Waals surface area (Å²) in [6.07, 6.45) is 0. The molecule has 0 unspecified atom stereocenters. The molecule has 188 valence electrons. The monoisotopic (exact) mass is 585 g/mol. The molecule has 4 aromatic carbocycles. The van der Waals surface area contributed by atoms with Crippen molar-refractivity contribution in [1.29, 1.82) is 0 Å². The Morgan fingerprint density at radius 2 is 0.846 bits per heavy atom. The highest BCUT2D eigenvalue weighted by Gasteiger charge is 2.18. The second-order valence-electron chi connectivity index (χ2n) is 9.09. The van der Waals surface area contributed by atoms with Gasteiger partial charge in [0.1, 0.15) is 26.1 Å². The Bertz CT molecular complexity index is 1900. The average molecular weight is 587 g/mol. The second kappa shape index (κ2) is 9.51. The summed E-state index contributed by atoms with van der Waals surface area (Å²) in [5.41, 5.74) is 5.57. The molecule has 0 amide bonds. The fourth-order valence-corrected chi connectivity index (χ4v) is 5.92. The Balaban J connectivity index is 1.52. The molecule has 0 fully saturated rings. The van der Waals surface area contributed by atoms with E-state index in [9.17, 15) is 0 Å². The molecule has 0 aliphatic rings. The number of benzene rings is 4. The number of hydrogen-bond donors (Lipinski definition) is 0. The summed E-state index contributed by atoms with van der Waals surface area (Å²) in [4.78, 5) is 13.2. The van der Waals surface area contributed by atoms with Crippen LogP contribution in [0.5, 0.6) is 0 Å². The van der Waals surface area contributed by atoms with Gasteiger partial charge in [-0.3, -0.25) is 0 Å². The standard InChI is InChI=1S/C31H15Cl4N3O/c32-25-12-18(13-26(33)36-25)16-9-17(19-14-27(34)37-28(35)15-19)11-20(10-16)31-38-29-23-7-3-1-5-21(23)22-6-2-4-8-24(22)30(29)39-31/h1-15H. The van der Waals surface area contributed by atoms with Gasteiger partial charge in [0.05, 0.1) is 0 Å². The molecule has 3 heterocycles. The second-order valence-corrected chi connectivity index (χ2v) is 10.6. The quantitative estimate of drug-likeness (QED) is 0.153. The van der Waals surface area contributed by atoms with Crippen LogP contribution >= 0.6 is 46.4 Å². The van der Waals surface area contributed by atoms with Crippen molar-refractivity contribution in [3.8, 4) is 33.7 Å². The van der Waals surface area contributed by atoms with Crippen molar-refractivity contribution in [2.24, 2.45) is 0 Å². The third kappa shape index (κ3) is 4.40. The first-order valence-electron chi connectivity index (χ1n) is 12.0. The summed E-state index contributed by atoms with van der Waals surface area (Å²) in [6, 6.07) is 29.4. The van der Waals surface area contributed by atoms with Gasteiger partial charge in [0.15, 0.2) is 5.58 Å². The maximum atomic E-state index is 6.51. The van der Waals surface area contributed by atoms with Gasteiger partial charge in [-0.15, -0.1) is 0 Å². The molecular weight excluding hydrogens is 572 g/mol. The van der Waals surface area contributed by atoms with Gasteiger partial charge >= 0.3 is 0 Å². The van der Waals surface area contributed by atoms with E-state index < -0.39 is 0 Å². The topological polar surface area (TPSA) is 51.8 Å². The molecule has 4 nitrogen and oxygen atoms in total. The van der Waals surface area contributed by atoms with Crippen LogP contribution in [-0.4, -0.2) is 15.0 Å². The number of rotatable bonds is 3. The molecule has 0 radical (unpaired) electrons. The van der Waals surface area contributed by atoms with E-state index in [1.54, 1.807) is 24.3 Å². The Kier molecular flexibility index (Phi) is 5.94. The Morgan fingerprint density at radius 3 is 1.38 bits per heavy atom. The number of aromatic nitrogens is 3. The van der Waals surface area contributed by atoms with Crippen molar-refractivity contribution in [2.75, 3.05) is 0 Å². The highest BCUT2D eigenvalue weighted by Crippen LogP contribution is 2.40. The number of halogens is 4. The lowest BCUT2D eigenvalue weighted by Crippen LogP contribution is -1.89. The molecule has 0 aliphatic carbocycles. The van der Waals surface area contributed by atoms with E-state index >= 15 is 0 Å². The smallest absolute Gasteiger partial charge is 0.227 e. The first kappa shape index (κ1) is 24.4. The first-order valence-corrected chi connectivity index (χ1v) is 13.5. The van der Waals surface area contributed by atoms with E-state index in [1.165, 1.54) is 0 Å². The normalized spacial score (nSPS) is 11.6. The van der Waals surface area contributed by atoms with E-state index in [-0.39, 0.29) is 0 Å². The predicted molar refractivity (Wildman–Crippen MR) is 161 cm³/mol. The molecule has 0 N–H and O–H groups in total. The number of oxazole rings is 1. The van der Waals surface area contributed by atoms with Gasteiger partial charge < -0.3 is 4.42 Å². The van der Waals surface area contributed by atoms with Gasteiger partial charge in [0.2, 0.25) is 5.89 Å². The first-order chi connectivity index (χ1) is 18.9. The van der Waals surface area contributed by atoms with E-state index in [2.05, 4.69) is 34.2 Å². The zero-order valence-corrected chi connectivity index (χ0v) is 22.9. The van der Waals surface area contributed by atoms with Crippen LogP contribution in [0.2, 0.25) is 20.6 Å². The molecule has 0 aliphatic heterocycles. The SMILES string of the molecule is Clc1cc(-c2cc(-c3cc(Cl)nc(Cl)c3)cc(-c3nc4c5ccccc5c5ccccc5c4o3)c2)cc(Cl)n1. The number of hydrogen-bond acceptors (Lipinski definition) is 4. The zero-order chi connectivity index (χ0) is 26.7. The molecule has 7 aromatic rings. The highest BCUT2D eigenvalue weighted by molar-refractivity contribution is 6.33. The lowest BCUT2D eigenvalue weighted by molar-refractivity contribution is 0.623. The molecule has 0 saturated carbocycles. The van der Waals surface area contributed by atoms with Crippen molar-refractivity contribution < 1.29 is 4.42 Å². The van der Waals surface area contributed by atoms with Crippen LogP contribution in [0.15, 0.2) is 95.4 Å². The summed E-state index contributed by atoms with van der Waals surface area (Å²) in [6.45, 7) is 0. The van der Waals surface area contributed by atoms with Crippen molar-refractivity contribution in [3.05, 3.63) is 112 Å². The fraction of sp³-hybridized carbons (Fsp3) is 0. The lowest BCUT2D eigenvalue weighted by Gasteiger charge is -2.10. The lowest BCUT2D eigenvalue weighted by atomic mass is 9.97. The van der Waals surface area contributed by atoms with E-state index in [1.807, 2.05) is 42.5 Å². The van der Waals surface area contributed by atoms with Crippen LogP contribution < -0.4 is 0 Å². The molecule has 0 atom stereocenters. The highest BCUT2D eigenvalue weighted by atomic mass is 35.5. The van der Waals surface area contributed by atoms with Crippen LogP contribution in [0.1, 0.15) is 0 Å². The molecule has 8 heteroatoms. The molecule has 39 heavy (non-hydrogen) atoms. The largest absolute Gasteiger partial charge is 0.435 e. The van der Waals surface area contributed by atoms with Gasteiger partial charge in [-0.1, -0.05) is 94.9 Å². The van der Waals surface area contributed by atoms with Crippen LogP contribution in [0, 0.1) is 0 Å². The Hall–Kier alpha value is -3.67. The third-order valence-electron chi connectivity index (χ3n) is 6.64. The summed E-state index contributed by atoms with van der Waals surface area (Å²) >= 11 is 25.0. The van der Waals surface area contributed by atoms with Crippen LogP contribution in [0.25, 0.3) is 66.4 Å². The minimum Gasteiger partial charge on any atom is -0.435 e. The molecule has 7 rings (SSSR count). The Morgan fingerprint density at radius 1 is 0.436 bits per heavy atom. The zero-order valence-electron chi connectivity index (χ0n) is 19.9. The van der Waals surface area contributed by atoms with E-state index in [0.717, 1.165) is 60.5 Å². The Labute approximate surface area is 242 Å². The molecule has 0 saturated heterocycles. The maximum absolute atomic E-state index is 6.51. The van der Waals surface area contributed by atoms with Gasteiger partial charge in [0, 0.05) is 16.3 Å². The maximum Gasteiger partial charge on any atom is 0.227 e. The summed E-state index contributed by atoms with van der Waals surface area (Å²) in [5.74, 6) is 0.479. The number of nitrogens with zero attached hydrogens (tertiary/aromatic N) is 3. The molecule has 3 aromatic heterocycles. The molecular formula is C31H15Cl4N3O. The van der Waals surface area contributed by atoms with Gasteiger partial charge in [0.25, 0.3) is 0 Å². The van der Waals surface area contributed by atoms with Gasteiger partial charge in [-0.25, -0.2) is 15.0 Å². The number of fused-ring (bicyclic) bond motifs is 6. The predicted octanol–water partition coefficient (Wildman–Crippen LogP) is 10.5. The molecule has 0 spiro atoms. The fourth-order valence-electron chi connectivity index (χ4n) is 5.00. The van der Waals surface area contributed by atoms with Gasteiger partial charge in [-0.2, -0.15) is 0 Å². The number of pyridine rings is 2. The van der Waals surface area contributed by atoms with Gasteiger partial charge in [-0.05, 0) is 75.5 Å².